The van der Waals surface area contributed by atoms with Crippen molar-refractivity contribution in [1.82, 2.24) is 9.88 Å². The van der Waals surface area contributed by atoms with Crippen molar-refractivity contribution in [2.75, 3.05) is 13.7 Å². The van der Waals surface area contributed by atoms with Crippen LogP contribution in [0.1, 0.15) is 22.7 Å². The molecule has 1 fully saturated rings. The quantitative estimate of drug-likeness (QED) is 0.202. The molecule has 2 N–H and O–H groups in total. The number of fused-ring (bicyclic) bond motifs is 1. The highest BCUT2D eigenvalue weighted by Gasteiger charge is 2.46. The molecule has 0 saturated carbocycles. The zero-order valence-corrected chi connectivity index (χ0v) is 20.1. The van der Waals surface area contributed by atoms with E-state index in [0.717, 1.165) is 16.5 Å². The van der Waals surface area contributed by atoms with Crippen LogP contribution in [0.5, 0.6) is 5.75 Å². The fourth-order valence-electron chi connectivity index (χ4n) is 4.63. The third-order valence-electron chi connectivity index (χ3n) is 6.42. The van der Waals surface area contributed by atoms with Crippen molar-refractivity contribution in [1.29, 1.82) is 0 Å². The minimum absolute atomic E-state index is 0.0893. The van der Waals surface area contributed by atoms with Crippen molar-refractivity contribution in [2.24, 2.45) is 0 Å². The van der Waals surface area contributed by atoms with Crippen LogP contribution in [0, 0.1) is 5.82 Å². The Morgan fingerprint density at radius 1 is 1.11 bits per heavy atom. The van der Waals surface area contributed by atoms with Gasteiger partial charge in [0.2, 0.25) is 0 Å². The zero-order chi connectivity index (χ0) is 25.4. The predicted molar refractivity (Wildman–Crippen MR) is 135 cm³/mol. The lowest BCUT2D eigenvalue weighted by atomic mass is 9.95. The minimum Gasteiger partial charge on any atom is -0.507 e. The third-order valence-corrected chi connectivity index (χ3v) is 6.67. The number of Topliss-reactive ketones (excluding diaryl/α,β-unsaturated/α-hetero) is 1. The van der Waals surface area contributed by atoms with Gasteiger partial charge in [0.1, 0.15) is 17.3 Å². The fraction of sp³-hybridized carbons (Fsp3) is 0.143. The number of H-pyrrole nitrogens is 1. The Morgan fingerprint density at radius 3 is 2.61 bits per heavy atom. The van der Waals surface area contributed by atoms with Gasteiger partial charge in [-0.1, -0.05) is 23.7 Å². The summed E-state index contributed by atoms with van der Waals surface area (Å²) in [6.45, 7) is 0.174. The van der Waals surface area contributed by atoms with Gasteiger partial charge in [-0.2, -0.15) is 0 Å². The highest BCUT2D eigenvalue weighted by molar-refractivity contribution is 6.46. The van der Waals surface area contributed by atoms with E-state index in [4.69, 9.17) is 16.3 Å². The molecule has 1 amide bonds. The maximum Gasteiger partial charge on any atom is 0.295 e. The molecule has 1 aliphatic rings. The van der Waals surface area contributed by atoms with Crippen LogP contribution in [0.15, 0.2) is 78.5 Å². The van der Waals surface area contributed by atoms with Crippen molar-refractivity contribution in [2.45, 2.75) is 12.5 Å². The highest BCUT2D eigenvalue weighted by Crippen LogP contribution is 2.40. The maximum absolute atomic E-state index is 14.2. The topological polar surface area (TPSA) is 82.6 Å². The molecular weight excluding hydrogens is 483 g/mol. The summed E-state index contributed by atoms with van der Waals surface area (Å²) in [6.07, 6.45) is 2.28. The van der Waals surface area contributed by atoms with E-state index >= 15 is 0 Å². The van der Waals surface area contributed by atoms with Crippen molar-refractivity contribution in [3.63, 3.8) is 0 Å². The number of methoxy groups -OCH3 is 1. The third kappa shape index (κ3) is 4.22. The van der Waals surface area contributed by atoms with Gasteiger partial charge in [0.15, 0.2) is 0 Å². The van der Waals surface area contributed by atoms with E-state index < -0.39 is 23.5 Å². The normalized spacial score (nSPS) is 17.2. The molecule has 1 saturated heterocycles. The van der Waals surface area contributed by atoms with Gasteiger partial charge in [-0.3, -0.25) is 9.59 Å². The second-order valence-electron chi connectivity index (χ2n) is 8.53. The molecule has 8 heteroatoms. The molecule has 0 spiro atoms. The van der Waals surface area contributed by atoms with Crippen molar-refractivity contribution < 1.29 is 23.8 Å². The van der Waals surface area contributed by atoms with Gasteiger partial charge in [-0.15, -0.1) is 0 Å². The Hall–Kier alpha value is -4.10. The van der Waals surface area contributed by atoms with Crippen LogP contribution < -0.4 is 4.74 Å². The average Bonchev–Trinajstić information content (AvgIpc) is 3.40. The molecule has 3 aromatic carbocycles. The predicted octanol–water partition coefficient (Wildman–Crippen LogP) is 5.63. The second kappa shape index (κ2) is 9.51. The molecule has 4 aromatic rings. The molecule has 1 aliphatic heterocycles. The number of amides is 1. The van der Waals surface area contributed by atoms with Crippen LogP contribution in [0.2, 0.25) is 5.02 Å². The Kier molecular flexibility index (Phi) is 6.24. The van der Waals surface area contributed by atoms with Crippen molar-refractivity contribution in [3.8, 4) is 5.75 Å². The van der Waals surface area contributed by atoms with E-state index in [1.54, 1.807) is 37.4 Å². The van der Waals surface area contributed by atoms with Crippen LogP contribution in [-0.2, 0) is 16.0 Å². The molecule has 0 radical (unpaired) electrons. The van der Waals surface area contributed by atoms with E-state index in [1.165, 1.54) is 23.1 Å². The summed E-state index contributed by atoms with van der Waals surface area (Å²) < 4.78 is 19.5. The largest absolute Gasteiger partial charge is 0.507 e. The number of aliphatic hydroxyl groups excluding tert-OH is 1. The minimum atomic E-state index is -0.948. The SMILES string of the molecule is COc1ccc2[nH]cc(CCN3C(=O)C(=O)C(=C(O)c4ccc(Cl)cc4)[C@@H]3c3cccc(F)c3)c2c1. The molecule has 2 heterocycles. The number of halogens is 2. The number of rotatable bonds is 6. The zero-order valence-electron chi connectivity index (χ0n) is 19.3. The number of benzene rings is 3. The van der Waals surface area contributed by atoms with E-state index in [-0.39, 0.29) is 17.9 Å². The molecule has 0 bridgehead atoms. The van der Waals surface area contributed by atoms with E-state index in [9.17, 15) is 19.1 Å². The van der Waals surface area contributed by atoms with E-state index in [2.05, 4.69) is 4.98 Å². The molecule has 1 aromatic heterocycles. The van der Waals surface area contributed by atoms with Crippen LogP contribution in [-0.4, -0.2) is 40.3 Å². The molecule has 36 heavy (non-hydrogen) atoms. The molecule has 0 unspecified atom stereocenters. The van der Waals surface area contributed by atoms with Gasteiger partial charge in [-0.05, 0) is 72.1 Å². The number of ketones is 1. The van der Waals surface area contributed by atoms with E-state index in [0.29, 0.717) is 28.3 Å². The number of aliphatic hydroxyl groups is 1. The lowest BCUT2D eigenvalue weighted by Gasteiger charge is -2.25. The Labute approximate surface area is 211 Å². The van der Waals surface area contributed by atoms with Gasteiger partial charge in [0, 0.05) is 34.2 Å². The summed E-state index contributed by atoms with van der Waals surface area (Å²) >= 11 is 5.96. The number of likely N-dealkylation sites (tertiary alicyclic amines) is 1. The highest BCUT2D eigenvalue weighted by atomic mass is 35.5. The average molecular weight is 505 g/mol. The summed E-state index contributed by atoms with van der Waals surface area (Å²) in [6, 6.07) is 16.7. The van der Waals surface area contributed by atoms with Gasteiger partial charge in [0.25, 0.3) is 11.7 Å². The number of carbonyl (C=O) groups is 2. The number of nitrogens with zero attached hydrogens (tertiary/aromatic N) is 1. The number of aromatic nitrogens is 1. The van der Waals surface area contributed by atoms with Gasteiger partial charge in [0.05, 0.1) is 18.7 Å². The first-order valence-corrected chi connectivity index (χ1v) is 11.7. The standard InChI is InChI=1S/C28H22ClFN2O4/c1-36-21-9-10-23-22(14-21)18(15-31-23)11-12-32-25(17-3-2-4-20(30)13-17)24(27(34)28(32)35)26(33)16-5-7-19(29)8-6-16/h2-10,13-15,25,31,33H,11-12H2,1H3/t25-/m0/s1. The number of carbonyl (C=O) groups excluding carboxylic acids is 2. The Morgan fingerprint density at radius 2 is 1.89 bits per heavy atom. The van der Waals surface area contributed by atoms with Crippen LogP contribution in [0.25, 0.3) is 16.7 Å². The first-order valence-electron chi connectivity index (χ1n) is 11.3. The summed E-state index contributed by atoms with van der Waals surface area (Å²) in [4.78, 5) is 30.9. The van der Waals surface area contributed by atoms with Gasteiger partial charge in [-0.25, -0.2) is 4.39 Å². The van der Waals surface area contributed by atoms with Crippen LogP contribution in [0.3, 0.4) is 0 Å². The lowest BCUT2D eigenvalue weighted by molar-refractivity contribution is -0.139. The summed E-state index contributed by atoms with van der Waals surface area (Å²) in [5.41, 5.74) is 2.49. The van der Waals surface area contributed by atoms with Gasteiger partial charge >= 0.3 is 0 Å². The Balaban J connectivity index is 1.56. The number of ether oxygens (including phenoxy) is 1. The molecule has 0 aliphatic carbocycles. The maximum atomic E-state index is 14.2. The number of hydrogen-bond acceptors (Lipinski definition) is 4. The lowest BCUT2D eigenvalue weighted by Crippen LogP contribution is -2.31. The molecule has 1 atom stereocenters. The summed E-state index contributed by atoms with van der Waals surface area (Å²) in [5.74, 6) is -1.71. The summed E-state index contributed by atoms with van der Waals surface area (Å²) in [7, 11) is 1.59. The van der Waals surface area contributed by atoms with Crippen molar-refractivity contribution >= 4 is 40.0 Å². The summed E-state index contributed by atoms with van der Waals surface area (Å²) in [5, 5.41) is 12.5. The first kappa shape index (κ1) is 23.6. The fourth-order valence-corrected chi connectivity index (χ4v) is 4.76. The number of aromatic amines is 1. The Bertz CT molecular complexity index is 1510. The molecule has 5 rings (SSSR count). The number of nitrogens with one attached hydrogen (secondary N) is 1. The van der Waals surface area contributed by atoms with Crippen molar-refractivity contribution in [3.05, 3.63) is 106 Å². The molecular formula is C28H22ClFN2O4. The number of hydrogen-bond donors (Lipinski definition) is 2. The molecule has 182 valence electrons. The molecule has 6 nitrogen and oxygen atoms in total. The van der Waals surface area contributed by atoms with Crippen LogP contribution in [0.4, 0.5) is 4.39 Å². The smallest absolute Gasteiger partial charge is 0.295 e. The van der Waals surface area contributed by atoms with E-state index in [1.807, 2.05) is 24.4 Å². The van der Waals surface area contributed by atoms with Crippen LogP contribution >= 0.6 is 11.6 Å². The second-order valence-corrected chi connectivity index (χ2v) is 8.97. The monoisotopic (exact) mass is 504 g/mol. The van der Waals surface area contributed by atoms with Gasteiger partial charge < -0.3 is 19.7 Å². The first-order chi connectivity index (χ1) is 17.4.